The van der Waals surface area contributed by atoms with Crippen LogP contribution >= 0.6 is 0 Å². The number of hydrogen-bond acceptors (Lipinski definition) is 2. The molecule has 0 saturated heterocycles. The van der Waals surface area contributed by atoms with Gasteiger partial charge in [-0.3, -0.25) is 0 Å². The highest BCUT2D eigenvalue weighted by atomic mass is 19.4. The van der Waals surface area contributed by atoms with Gasteiger partial charge in [-0.05, 0) is 18.1 Å². The first kappa shape index (κ1) is 12.8. The van der Waals surface area contributed by atoms with E-state index in [1.165, 1.54) is 19.2 Å². The highest BCUT2D eigenvalue weighted by Gasteiger charge is 2.39. The molecular formula is C11H14F3NO. The van der Waals surface area contributed by atoms with Crippen molar-refractivity contribution in [2.75, 3.05) is 7.11 Å². The van der Waals surface area contributed by atoms with Crippen LogP contribution in [0.15, 0.2) is 18.2 Å². The molecule has 0 aromatic heterocycles. The quantitative estimate of drug-likeness (QED) is 0.871. The van der Waals surface area contributed by atoms with Crippen LogP contribution in [0.4, 0.5) is 13.2 Å². The summed E-state index contributed by atoms with van der Waals surface area (Å²) in [5.74, 6) is 0.169. The zero-order valence-electron chi connectivity index (χ0n) is 9.14. The van der Waals surface area contributed by atoms with Gasteiger partial charge in [0.25, 0.3) is 0 Å². The molecule has 5 heteroatoms. The van der Waals surface area contributed by atoms with Crippen LogP contribution in [-0.2, 0) is 6.42 Å². The molecule has 0 aliphatic carbocycles. The normalized spacial score (nSPS) is 13.6. The molecule has 0 spiro atoms. The van der Waals surface area contributed by atoms with Crippen molar-refractivity contribution < 1.29 is 17.9 Å². The molecule has 16 heavy (non-hydrogen) atoms. The SMILES string of the molecule is CCc1ccc(OC)c([C@H](N)C(F)(F)F)c1. The van der Waals surface area contributed by atoms with E-state index in [0.29, 0.717) is 6.42 Å². The van der Waals surface area contributed by atoms with Crippen LogP contribution in [0.25, 0.3) is 0 Å². The average Bonchev–Trinajstić information content (AvgIpc) is 2.25. The number of methoxy groups -OCH3 is 1. The van der Waals surface area contributed by atoms with Gasteiger partial charge in [-0.1, -0.05) is 19.1 Å². The highest BCUT2D eigenvalue weighted by molar-refractivity contribution is 5.40. The standard InChI is InChI=1S/C11H14F3NO/c1-3-7-4-5-9(16-2)8(6-7)10(15)11(12,13)14/h4-6,10H,3,15H2,1-2H3/t10-/m0/s1. The van der Waals surface area contributed by atoms with Crippen molar-refractivity contribution in [3.05, 3.63) is 29.3 Å². The van der Waals surface area contributed by atoms with Gasteiger partial charge in [0.2, 0.25) is 0 Å². The van der Waals surface area contributed by atoms with Crippen LogP contribution in [-0.4, -0.2) is 13.3 Å². The smallest absolute Gasteiger partial charge is 0.407 e. The maximum atomic E-state index is 12.5. The molecule has 0 aliphatic heterocycles. The van der Waals surface area contributed by atoms with Crippen molar-refractivity contribution in [3.8, 4) is 5.75 Å². The van der Waals surface area contributed by atoms with Gasteiger partial charge < -0.3 is 10.5 Å². The molecule has 0 fully saturated rings. The molecular weight excluding hydrogens is 219 g/mol. The van der Waals surface area contributed by atoms with Crippen molar-refractivity contribution in [1.29, 1.82) is 0 Å². The number of halogens is 3. The minimum absolute atomic E-state index is 0.0191. The zero-order valence-corrected chi connectivity index (χ0v) is 9.14. The monoisotopic (exact) mass is 233 g/mol. The second kappa shape index (κ2) is 4.74. The van der Waals surface area contributed by atoms with Gasteiger partial charge in [-0.2, -0.15) is 13.2 Å². The Hall–Kier alpha value is -1.23. The van der Waals surface area contributed by atoms with Gasteiger partial charge in [0.1, 0.15) is 11.8 Å². The molecule has 90 valence electrons. The first-order chi connectivity index (χ1) is 7.40. The fourth-order valence-corrected chi connectivity index (χ4v) is 1.42. The predicted molar refractivity (Wildman–Crippen MR) is 55.4 cm³/mol. The van der Waals surface area contributed by atoms with Crippen LogP contribution < -0.4 is 10.5 Å². The van der Waals surface area contributed by atoms with E-state index >= 15 is 0 Å². The molecule has 1 rings (SSSR count). The molecule has 1 aromatic carbocycles. The molecule has 0 amide bonds. The summed E-state index contributed by atoms with van der Waals surface area (Å²) in [6.45, 7) is 1.87. The topological polar surface area (TPSA) is 35.2 Å². The molecule has 1 atom stereocenters. The molecule has 2 nitrogen and oxygen atoms in total. The zero-order chi connectivity index (χ0) is 12.3. The predicted octanol–water partition coefficient (Wildman–Crippen LogP) is 2.82. The fourth-order valence-electron chi connectivity index (χ4n) is 1.42. The van der Waals surface area contributed by atoms with Crippen LogP contribution in [0.2, 0.25) is 0 Å². The summed E-state index contributed by atoms with van der Waals surface area (Å²) < 4.78 is 42.4. The number of ether oxygens (including phenoxy) is 1. The third-order valence-electron chi connectivity index (χ3n) is 2.39. The van der Waals surface area contributed by atoms with Crippen LogP contribution in [0.3, 0.4) is 0 Å². The third-order valence-corrected chi connectivity index (χ3v) is 2.39. The molecule has 0 heterocycles. The summed E-state index contributed by atoms with van der Waals surface area (Å²) in [5, 5.41) is 0. The number of aryl methyl sites for hydroxylation is 1. The van der Waals surface area contributed by atoms with Gasteiger partial charge in [-0.15, -0.1) is 0 Å². The van der Waals surface area contributed by atoms with Gasteiger partial charge in [0.05, 0.1) is 7.11 Å². The van der Waals surface area contributed by atoms with E-state index in [-0.39, 0.29) is 11.3 Å². The van der Waals surface area contributed by atoms with Gasteiger partial charge in [-0.25, -0.2) is 0 Å². The van der Waals surface area contributed by atoms with E-state index in [1.807, 2.05) is 6.92 Å². The Kier molecular flexibility index (Phi) is 3.80. The summed E-state index contributed by atoms with van der Waals surface area (Å²) >= 11 is 0. The maximum Gasteiger partial charge on any atom is 0.407 e. The number of alkyl halides is 3. The van der Waals surface area contributed by atoms with Crippen molar-refractivity contribution in [3.63, 3.8) is 0 Å². The molecule has 0 bridgehead atoms. The Labute approximate surface area is 92.2 Å². The number of benzene rings is 1. The molecule has 2 N–H and O–H groups in total. The molecule has 0 unspecified atom stereocenters. The molecule has 1 aromatic rings. The lowest BCUT2D eigenvalue weighted by atomic mass is 10.0. The van der Waals surface area contributed by atoms with Gasteiger partial charge in [0, 0.05) is 5.56 Å². The first-order valence-electron chi connectivity index (χ1n) is 4.89. The van der Waals surface area contributed by atoms with Gasteiger partial charge in [0.15, 0.2) is 0 Å². The summed E-state index contributed by atoms with van der Waals surface area (Å²) in [4.78, 5) is 0. The minimum atomic E-state index is -4.46. The van der Waals surface area contributed by atoms with Crippen molar-refractivity contribution in [2.45, 2.75) is 25.6 Å². The van der Waals surface area contributed by atoms with Crippen molar-refractivity contribution in [2.24, 2.45) is 5.73 Å². The second-order valence-corrected chi connectivity index (χ2v) is 3.45. The Morgan fingerprint density at radius 2 is 2.00 bits per heavy atom. The van der Waals surface area contributed by atoms with E-state index in [1.54, 1.807) is 6.07 Å². The summed E-state index contributed by atoms with van der Waals surface area (Å²) in [6, 6.07) is 2.68. The summed E-state index contributed by atoms with van der Waals surface area (Å²) in [7, 11) is 1.33. The lowest BCUT2D eigenvalue weighted by Crippen LogP contribution is -2.28. The number of rotatable bonds is 3. The van der Waals surface area contributed by atoms with Crippen molar-refractivity contribution in [1.82, 2.24) is 0 Å². The lowest BCUT2D eigenvalue weighted by molar-refractivity contribution is -0.149. The second-order valence-electron chi connectivity index (χ2n) is 3.45. The Bertz CT molecular complexity index is 363. The van der Waals surface area contributed by atoms with E-state index in [2.05, 4.69) is 0 Å². The fraction of sp³-hybridized carbons (Fsp3) is 0.455. The van der Waals surface area contributed by atoms with E-state index in [4.69, 9.17) is 10.5 Å². The summed E-state index contributed by atoms with van der Waals surface area (Å²) in [5.41, 5.74) is 5.95. The Morgan fingerprint density at radius 3 is 2.44 bits per heavy atom. The molecule has 0 saturated carbocycles. The largest absolute Gasteiger partial charge is 0.496 e. The third kappa shape index (κ3) is 2.66. The summed E-state index contributed by atoms with van der Waals surface area (Å²) in [6.07, 6.45) is -3.80. The van der Waals surface area contributed by atoms with Crippen molar-refractivity contribution >= 4 is 0 Å². The lowest BCUT2D eigenvalue weighted by Gasteiger charge is -2.19. The number of nitrogens with two attached hydrogens (primary N) is 1. The van der Waals surface area contributed by atoms with Crippen LogP contribution in [0.1, 0.15) is 24.1 Å². The van der Waals surface area contributed by atoms with E-state index in [0.717, 1.165) is 5.56 Å². The van der Waals surface area contributed by atoms with E-state index < -0.39 is 12.2 Å². The Balaban J connectivity index is 3.18. The first-order valence-corrected chi connectivity index (χ1v) is 4.89. The molecule has 0 radical (unpaired) electrons. The van der Waals surface area contributed by atoms with E-state index in [9.17, 15) is 13.2 Å². The van der Waals surface area contributed by atoms with Crippen LogP contribution in [0.5, 0.6) is 5.75 Å². The number of hydrogen-bond donors (Lipinski definition) is 1. The Morgan fingerprint density at radius 1 is 1.38 bits per heavy atom. The molecule has 0 aliphatic rings. The average molecular weight is 233 g/mol. The maximum absolute atomic E-state index is 12.5. The minimum Gasteiger partial charge on any atom is -0.496 e. The van der Waals surface area contributed by atoms with Gasteiger partial charge >= 0.3 is 6.18 Å². The van der Waals surface area contributed by atoms with Crippen LogP contribution in [0, 0.1) is 0 Å². The highest BCUT2D eigenvalue weighted by Crippen LogP contribution is 2.35.